The minimum absolute atomic E-state index is 0.235. The number of hydrogen-bond donors (Lipinski definition) is 0. The Bertz CT molecular complexity index is 1170. The molecule has 0 radical (unpaired) electrons. The zero-order chi connectivity index (χ0) is 20.5. The molecule has 0 N–H and O–H groups in total. The third kappa shape index (κ3) is 3.92. The molecule has 0 aliphatic carbocycles. The van der Waals surface area contributed by atoms with Crippen molar-refractivity contribution in [2.45, 2.75) is 0 Å². The number of amidine groups is 1. The Kier molecular flexibility index (Phi) is 5.66. The van der Waals surface area contributed by atoms with Crippen molar-refractivity contribution in [3.8, 4) is 0 Å². The van der Waals surface area contributed by atoms with Crippen molar-refractivity contribution in [1.82, 2.24) is 0 Å². The van der Waals surface area contributed by atoms with Gasteiger partial charge < -0.3 is 0 Å². The Morgan fingerprint density at radius 3 is 2.14 bits per heavy atom. The van der Waals surface area contributed by atoms with Gasteiger partial charge >= 0.3 is 0 Å². The van der Waals surface area contributed by atoms with E-state index in [2.05, 4.69) is 4.99 Å². The largest absolute Gasteiger partial charge is 0.282 e. The van der Waals surface area contributed by atoms with Crippen molar-refractivity contribution in [2.24, 2.45) is 4.99 Å². The molecule has 0 spiro atoms. The molecular weight excluding hydrogens is 450 g/mol. The van der Waals surface area contributed by atoms with Gasteiger partial charge in [0.2, 0.25) is 0 Å². The van der Waals surface area contributed by atoms with Gasteiger partial charge in [0.05, 0.1) is 20.8 Å². The van der Waals surface area contributed by atoms with E-state index >= 15 is 0 Å². The number of anilines is 1. The van der Waals surface area contributed by atoms with Gasteiger partial charge in [-0.3, -0.25) is 9.69 Å². The molecule has 0 aromatic heterocycles. The van der Waals surface area contributed by atoms with Crippen LogP contribution in [0.5, 0.6) is 0 Å². The van der Waals surface area contributed by atoms with Crippen LogP contribution in [0.4, 0.5) is 5.69 Å². The summed E-state index contributed by atoms with van der Waals surface area (Å²) in [5, 5.41) is 1.40. The van der Waals surface area contributed by atoms with E-state index in [0.29, 0.717) is 27.1 Å². The molecule has 1 heterocycles. The van der Waals surface area contributed by atoms with Crippen LogP contribution in [0.1, 0.15) is 11.1 Å². The van der Waals surface area contributed by atoms with Crippen LogP contribution in [0.15, 0.2) is 77.4 Å². The maximum Gasteiger partial charge on any atom is 0.282 e. The van der Waals surface area contributed by atoms with E-state index in [0.717, 1.165) is 5.56 Å². The minimum atomic E-state index is -0.343. The minimum Gasteiger partial charge on any atom is -0.266 e. The summed E-state index contributed by atoms with van der Waals surface area (Å²) in [4.78, 5) is 19.3. The maximum atomic E-state index is 13.3. The number of hydrogen-bond acceptors (Lipinski definition) is 2. The molecule has 1 aliphatic heterocycles. The summed E-state index contributed by atoms with van der Waals surface area (Å²) in [6.07, 6.45) is 1.65. The van der Waals surface area contributed by atoms with E-state index in [1.54, 1.807) is 18.2 Å². The molecule has 0 bridgehead atoms. The number of carbonyl (C=O) groups is 1. The maximum absolute atomic E-state index is 13.3. The third-order valence-corrected chi connectivity index (χ3v) is 5.69. The molecule has 1 amide bonds. The second kappa shape index (κ2) is 8.21. The normalized spacial score (nSPS) is 15.2. The Labute approximate surface area is 187 Å². The number of rotatable bonds is 3. The first-order valence-electron chi connectivity index (χ1n) is 8.55. The SMILES string of the molecule is O=C1/C(=C\c2ccccc2Cl)N=C(c2ccccc2)N1c1cc(Cl)c(Cl)cc1Cl. The second-order valence-electron chi connectivity index (χ2n) is 6.21. The Morgan fingerprint density at radius 2 is 1.41 bits per heavy atom. The first-order chi connectivity index (χ1) is 14.0. The first-order valence-corrected chi connectivity index (χ1v) is 10.1. The monoisotopic (exact) mass is 460 g/mol. The number of nitrogens with zero attached hydrogens (tertiary/aromatic N) is 2. The van der Waals surface area contributed by atoms with Gasteiger partial charge in [0.25, 0.3) is 5.91 Å². The molecule has 29 heavy (non-hydrogen) atoms. The number of amides is 1. The van der Waals surface area contributed by atoms with E-state index in [4.69, 9.17) is 46.4 Å². The van der Waals surface area contributed by atoms with Gasteiger partial charge in [-0.15, -0.1) is 0 Å². The highest BCUT2D eigenvalue weighted by molar-refractivity contribution is 6.45. The molecule has 3 aromatic carbocycles. The van der Waals surface area contributed by atoms with Crippen molar-refractivity contribution in [2.75, 3.05) is 4.90 Å². The van der Waals surface area contributed by atoms with Crippen LogP contribution in [-0.4, -0.2) is 11.7 Å². The van der Waals surface area contributed by atoms with E-state index < -0.39 is 0 Å². The summed E-state index contributed by atoms with van der Waals surface area (Å²) in [7, 11) is 0. The summed E-state index contributed by atoms with van der Waals surface area (Å²) in [6.45, 7) is 0. The molecule has 7 heteroatoms. The molecule has 144 valence electrons. The van der Waals surface area contributed by atoms with E-state index in [1.807, 2.05) is 48.5 Å². The van der Waals surface area contributed by atoms with Crippen LogP contribution >= 0.6 is 46.4 Å². The molecule has 0 unspecified atom stereocenters. The van der Waals surface area contributed by atoms with Crippen molar-refractivity contribution >= 4 is 69.9 Å². The fraction of sp³-hybridized carbons (Fsp3) is 0. The van der Waals surface area contributed by atoms with Crippen LogP contribution in [0.2, 0.25) is 20.1 Å². The predicted octanol–water partition coefficient (Wildman–Crippen LogP) is 7.13. The van der Waals surface area contributed by atoms with Gasteiger partial charge in [0.1, 0.15) is 11.5 Å². The molecular formula is C22H12Cl4N2O. The van der Waals surface area contributed by atoms with Crippen LogP contribution < -0.4 is 4.90 Å². The average molecular weight is 462 g/mol. The summed E-state index contributed by atoms with van der Waals surface area (Å²) in [6, 6.07) is 19.6. The fourth-order valence-electron chi connectivity index (χ4n) is 2.94. The van der Waals surface area contributed by atoms with Crippen LogP contribution in [0, 0.1) is 0 Å². The van der Waals surface area contributed by atoms with Crippen molar-refractivity contribution < 1.29 is 4.79 Å². The highest BCUT2D eigenvalue weighted by Crippen LogP contribution is 2.38. The molecule has 3 aromatic rings. The van der Waals surface area contributed by atoms with Gasteiger partial charge in [0, 0.05) is 10.6 Å². The van der Waals surface area contributed by atoms with Gasteiger partial charge in [-0.25, -0.2) is 4.99 Å². The molecule has 3 nitrogen and oxygen atoms in total. The summed E-state index contributed by atoms with van der Waals surface area (Å²) in [5.41, 5.74) is 2.08. The number of carbonyl (C=O) groups excluding carboxylic acids is 1. The molecule has 0 saturated carbocycles. The zero-order valence-electron chi connectivity index (χ0n) is 14.7. The lowest BCUT2D eigenvalue weighted by atomic mass is 10.1. The molecule has 0 saturated heterocycles. The molecule has 0 atom stereocenters. The van der Waals surface area contributed by atoms with Gasteiger partial charge in [0.15, 0.2) is 0 Å². The van der Waals surface area contributed by atoms with Crippen molar-refractivity contribution in [3.05, 3.63) is 104 Å². The standard InChI is InChI=1S/C22H12Cl4N2O/c23-15-9-5-4-8-14(15)10-19-22(29)28(20-12-17(25)16(24)11-18(20)26)21(27-19)13-6-2-1-3-7-13/h1-12H/b19-10+. The highest BCUT2D eigenvalue weighted by atomic mass is 35.5. The van der Waals surface area contributed by atoms with Crippen LogP contribution in [0.25, 0.3) is 6.08 Å². The van der Waals surface area contributed by atoms with E-state index in [-0.39, 0.29) is 21.6 Å². The van der Waals surface area contributed by atoms with Gasteiger partial charge in [-0.1, -0.05) is 94.9 Å². The number of aliphatic imine (C=N–C) groups is 1. The van der Waals surface area contributed by atoms with E-state index in [1.165, 1.54) is 11.0 Å². The second-order valence-corrected chi connectivity index (χ2v) is 7.84. The topological polar surface area (TPSA) is 32.7 Å². The summed E-state index contributed by atoms with van der Waals surface area (Å²) >= 11 is 24.9. The Balaban J connectivity index is 1.89. The van der Waals surface area contributed by atoms with E-state index in [9.17, 15) is 4.79 Å². The molecule has 4 rings (SSSR count). The molecule has 0 fully saturated rings. The zero-order valence-corrected chi connectivity index (χ0v) is 17.8. The van der Waals surface area contributed by atoms with Crippen LogP contribution in [-0.2, 0) is 4.79 Å². The number of halogens is 4. The van der Waals surface area contributed by atoms with Crippen LogP contribution in [0.3, 0.4) is 0 Å². The number of benzene rings is 3. The quantitative estimate of drug-likeness (QED) is 0.301. The highest BCUT2D eigenvalue weighted by Gasteiger charge is 2.34. The Hall–Kier alpha value is -2.30. The first kappa shape index (κ1) is 20.0. The summed E-state index contributed by atoms with van der Waals surface area (Å²) < 4.78 is 0. The lowest BCUT2D eigenvalue weighted by Gasteiger charge is -2.20. The third-order valence-electron chi connectivity index (χ3n) is 4.32. The lowest BCUT2D eigenvalue weighted by molar-refractivity contribution is -0.113. The summed E-state index contributed by atoms with van der Waals surface area (Å²) in [5.74, 6) is 0.0956. The average Bonchev–Trinajstić information content (AvgIpc) is 3.03. The van der Waals surface area contributed by atoms with Crippen molar-refractivity contribution in [1.29, 1.82) is 0 Å². The Morgan fingerprint density at radius 1 is 0.759 bits per heavy atom. The van der Waals surface area contributed by atoms with Crippen molar-refractivity contribution in [3.63, 3.8) is 0 Å². The fourth-order valence-corrected chi connectivity index (χ4v) is 3.76. The smallest absolute Gasteiger partial charge is 0.266 e. The predicted molar refractivity (Wildman–Crippen MR) is 121 cm³/mol. The lowest BCUT2D eigenvalue weighted by Crippen LogP contribution is -2.32. The molecule has 1 aliphatic rings. The van der Waals surface area contributed by atoms with Gasteiger partial charge in [-0.2, -0.15) is 0 Å². The van der Waals surface area contributed by atoms with Gasteiger partial charge in [-0.05, 0) is 29.8 Å².